The number of carboxylic acids is 1. The van der Waals surface area contributed by atoms with Gasteiger partial charge < -0.3 is 10.4 Å². The van der Waals surface area contributed by atoms with Crippen molar-refractivity contribution in [2.24, 2.45) is 0 Å². The summed E-state index contributed by atoms with van der Waals surface area (Å²) in [4.78, 5) is 21.6. The van der Waals surface area contributed by atoms with Crippen LogP contribution in [0.25, 0.3) is 11.1 Å². The van der Waals surface area contributed by atoms with E-state index in [1.807, 2.05) is 31.2 Å². The van der Waals surface area contributed by atoms with Gasteiger partial charge in [-0.1, -0.05) is 31.5 Å². The second-order valence-corrected chi connectivity index (χ2v) is 5.17. The van der Waals surface area contributed by atoms with Crippen molar-refractivity contribution < 1.29 is 14.8 Å². The van der Waals surface area contributed by atoms with Gasteiger partial charge in [0.1, 0.15) is 6.04 Å². The molecule has 0 aliphatic rings. The van der Waals surface area contributed by atoms with Crippen molar-refractivity contribution in [3.05, 3.63) is 58.6 Å². The lowest BCUT2D eigenvalue weighted by molar-refractivity contribution is -0.384. The summed E-state index contributed by atoms with van der Waals surface area (Å²) in [6.45, 7) is 1.93. The van der Waals surface area contributed by atoms with Crippen LogP contribution in [-0.4, -0.2) is 22.0 Å². The van der Waals surface area contributed by atoms with Gasteiger partial charge in [-0.15, -0.1) is 0 Å². The molecule has 6 nitrogen and oxygen atoms in total. The Balaban J connectivity index is 2.33. The Bertz CT molecular complexity index is 698. The smallest absolute Gasteiger partial charge is 0.326 e. The number of hydrogen-bond donors (Lipinski definition) is 2. The molecule has 23 heavy (non-hydrogen) atoms. The van der Waals surface area contributed by atoms with Gasteiger partial charge in [-0.2, -0.15) is 0 Å². The lowest BCUT2D eigenvalue weighted by Crippen LogP contribution is -2.29. The van der Waals surface area contributed by atoms with Gasteiger partial charge in [-0.3, -0.25) is 10.1 Å². The van der Waals surface area contributed by atoms with Gasteiger partial charge in [0.25, 0.3) is 5.69 Å². The number of carboxylic acid groups (broad SMARTS) is 1. The maximum absolute atomic E-state index is 11.3. The first-order valence-electron chi connectivity index (χ1n) is 7.36. The van der Waals surface area contributed by atoms with Gasteiger partial charge in [-0.05, 0) is 30.2 Å². The molecule has 1 atom stereocenters. The zero-order chi connectivity index (χ0) is 16.8. The zero-order valence-electron chi connectivity index (χ0n) is 12.7. The fourth-order valence-electron chi connectivity index (χ4n) is 2.36. The Morgan fingerprint density at radius 2 is 1.87 bits per heavy atom. The van der Waals surface area contributed by atoms with E-state index in [9.17, 15) is 20.0 Å². The number of anilines is 1. The summed E-state index contributed by atoms with van der Waals surface area (Å²) in [5.41, 5.74) is 2.32. The van der Waals surface area contributed by atoms with Crippen molar-refractivity contribution in [1.82, 2.24) is 0 Å². The van der Waals surface area contributed by atoms with Crippen LogP contribution in [0, 0.1) is 10.1 Å². The normalized spacial score (nSPS) is 11.7. The van der Waals surface area contributed by atoms with Crippen LogP contribution < -0.4 is 5.32 Å². The number of rotatable bonds is 7. The second-order valence-electron chi connectivity index (χ2n) is 5.17. The van der Waals surface area contributed by atoms with Crippen LogP contribution in [0.4, 0.5) is 11.4 Å². The van der Waals surface area contributed by atoms with Gasteiger partial charge in [0.2, 0.25) is 0 Å². The summed E-state index contributed by atoms with van der Waals surface area (Å²) >= 11 is 0. The molecule has 2 rings (SSSR count). The molecule has 0 amide bonds. The highest BCUT2D eigenvalue weighted by Crippen LogP contribution is 2.30. The number of nitro groups is 1. The minimum atomic E-state index is -0.898. The van der Waals surface area contributed by atoms with E-state index in [1.165, 1.54) is 12.1 Å². The number of nitrogens with zero attached hydrogens (tertiary/aromatic N) is 1. The zero-order valence-corrected chi connectivity index (χ0v) is 12.7. The van der Waals surface area contributed by atoms with Crippen LogP contribution in [0.2, 0.25) is 0 Å². The molecule has 0 aliphatic heterocycles. The predicted molar refractivity (Wildman–Crippen MR) is 88.5 cm³/mol. The van der Waals surface area contributed by atoms with Crippen molar-refractivity contribution in [3.63, 3.8) is 0 Å². The van der Waals surface area contributed by atoms with Crippen molar-refractivity contribution in [3.8, 4) is 11.1 Å². The number of benzene rings is 2. The van der Waals surface area contributed by atoms with E-state index >= 15 is 0 Å². The average Bonchev–Trinajstić information content (AvgIpc) is 2.55. The van der Waals surface area contributed by atoms with E-state index in [-0.39, 0.29) is 5.69 Å². The molecule has 0 aromatic heterocycles. The summed E-state index contributed by atoms with van der Waals surface area (Å²) in [5.74, 6) is -0.898. The van der Waals surface area contributed by atoms with Crippen LogP contribution in [0.15, 0.2) is 48.5 Å². The second kappa shape index (κ2) is 7.40. The summed E-state index contributed by atoms with van der Waals surface area (Å²) in [6, 6.07) is 12.9. The first-order valence-corrected chi connectivity index (χ1v) is 7.36. The molecule has 2 N–H and O–H groups in total. The molecule has 2 aromatic rings. The summed E-state index contributed by atoms with van der Waals surface area (Å²) in [7, 11) is 0. The summed E-state index contributed by atoms with van der Waals surface area (Å²) in [6.07, 6.45) is 1.27. The third kappa shape index (κ3) is 4.06. The SMILES string of the molecule is CCCC(Nc1ccccc1-c1ccc([N+](=O)[O-])cc1)C(=O)O. The Hall–Kier alpha value is -2.89. The van der Waals surface area contributed by atoms with E-state index < -0.39 is 16.9 Å². The standard InChI is InChI=1S/C17H18N2O4/c1-2-5-16(17(20)21)18-15-7-4-3-6-14(15)12-8-10-13(11-9-12)19(22)23/h3-4,6-11,16,18H,2,5H2,1H3,(H,20,21). The number of non-ortho nitro benzene ring substituents is 1. The third-order valence-corrected chi connectivity index (χ3v) is 3.52. The topological polar surface area (TPSA) is 92.5 Å². The first-order chi connectivity index (χ1) is 11.0. The van der Waals surface area contributed by atoms with Gasteiger partial charge in [0, 0.05) is 23.4 Å². The highest BCUT2D eigenvalue weighted by Gasteiger charge is 2.17. The molecular weight excluding hydrogens is 296 g/mol. The molecule has 0 bridgehead atoms. The fourth-order valence-corrected chi connectivity index (χ4v) is 2.36. The maximum atomic E-state index is 11.3. The minimum absolute atomic E-state index is 0.0218. The molecule has 1 unspecified atom stereocenters. The molecule has 0 saturated carbocycles. The van der Waals surface area contributed by atoms with E-state index in [2.05, 4.69) is 5.32 Å². The molecule has 0 saturated heterocycles. The van der Waals surface area contributed by atoms with Crippen LogP contribution >= 0.6 is 0 Å². The number of para-hydroxylation sites is 1. The average molecular weight is 314 g/mol. The maximum Gasteiger partial charge on any atom is 0.326 e. The Morgan fingerprint density at radius 1 is 1.22 bits per heavy atom. The largest absolute Gasteiger partial charge is 0.480 e. The molecule has 6 heteroatoms. The highest BCUT2D eigenvalue weighted by atomic mass is 16.6. The molecule has 2 aromatic carbocycles. The molecule has 0 spiro atoms. The minimum Gasteiger partial charge on any atom is -0.480 e. The molecule has 0 aliphatic carbocycles. The monoisotopic (exact) mass is 314 g/mol. The van der Waals surface area contributed by atoms with E-state index in [4.69, 9.17) is 0 Å². The summed E-state index contributed by atoms with van der Waals surface area (Å²) in [5, 5.41) is 23.1. The Kier molecular flexibility index (Phi) is 5.30. The van der Waals surface area contributed by atoms with Crippen LogP contribution in [0.3, 0.4) is 0 Å². The van der Waals surface area contributed by atoms with Crippen molar-refractivity contribution >= 4 is 17.3 Å². The lowest BCUT2D eigenvalue weighted by Gasteiger charge is -2.18. The van der Waals surface area contributed by atoms with Crippen molar-refractivity contribution in [1.29, 1.82) is 0 Å². The van der Waals surface area contributed by atoms with Gasteiger partial charge in [0.05, 0.1) is 4.92 Å². The van der Waals surface area contributed by atoms with E-state index in [0.29, 0.717) is 12.1 Å². The first kappa shape index (κ1) is 16.5. The molecular formula is C17H18N2O4. The van der Waals surface area contributed by atoms with Crippen LogP contribution in [0.5, 0.6) is 0 Å². The van der Waals surface area contributed by atoms with Gasteiger partial charge in [0.15, 0.2) is 0 Å². The molecule has 0 fully saturated rings. The van der Waals surface area contributed by atoms with Gasteiger partial charge >= 0.3 is 5.97 Å². The van der Waals surface area contributed by atoms with E-state index in [0.717, 1.165) is 17.5 Å². The molecule has 120 valence electrons. The van der Waals surface area contributed by atoms with Crippen LogP contribution in [-0.2, 0) is 4.79 Å². The summed E-state index contributed by atoms with van der Waals surface area (Å²) < 4.78 is 0. The number of nitro benzene ring substituents is 1. The van der Waals surface area contributed by atoms with Gasteiger partial charge in [-0.25, -0.2) is 4.79 Å². The Labute approximate surface area is 133 Å². The lowest BCUT2D eigenvalue weighted by atomic mass is 10.0. The number of aliphatic carboxylic acids is 1. The predicted octanol–water partition coefficient (Wildman–Crippen LogP) is 3.93. The number of nitrogens with one attached hydrogen (secondary N) is 1. The number of carbonyl (C=O) groups is 1. The molecule has 0 heterocycles. The third-order valence-electron chi connectivity index (χ3n) is 3.52. The van der Waals surface area contributed by atoms with Crippen LogP contribution in [0.1, 0.15) is 19.8 Å². The fraction of sp³-hybridized carbons (Fsp3) is 0.235. The van der Waals surface area contributed by atoms with Crippen molar-refractivity contribution in [2.75, 3.05) is 5.32 Å². The quantitative estimate of drug-likeness (QED) is 0.596. The van der Waals surface area contributed by atoms with E-state index in [1.54, 1.807) is 12.1 Å². The Morgan fingerprint density at radius 3 is 2.43 bits per heavy atom. The number of hydrogen-bond acceptors (Lipinski definition) is 4. The van der Waals surface area contributed by atoms with Crippen molar-refractivity contribution in [2.45, 2.75) is 25.8 Å². The highest BCUT2D eigenvalue weighted by molar-refractivity contribution is 5.83. The molecule has 0 radical (unpaired) electrons.